The van der Waals surface area contributed by atoms with Gasteiger partial charge in [0.05, 0.1) is 0 Å². The minimum atomic E-state index is -1.12. The van der Waals surface area contributed by atoms with Crippen LogP contribution in [0.1, 0.15) is 15.9 Å². The first kappa shape index (κ1) is 16.4. The molecule has 6 heteroatoms. The number of carbonyl (C=O) groups is 3. The SMILES string of the molecule is NC(=O)C(=O)C(Cc1ccccc1)NC(=O)c1ccc(F)cc1. The molecule has 23 heavy (non-hydrogen) atoms. The van der Waals surface area contributed by atoms with Gasteiger partial charge in [-0.1, -0.05) is 30.3 Å². The first-order chi connectivity index (χ1) is 11.0. The van der Waals surface area contributed by atoms with Crippen molar-refractivity contribution in [3.63, 3.8) is 0 Å². The third kappa shape index (κ3) is 4.47. The second-order valence-corrected chi connectivity index (χ2v) is 4.95. The molecule has 1 unspecified atom stereocenters. The molecule has 0 saturated carbocycles. The number of rotatable bonds is 6. The van der Waals surface area contributed by atoms with Gasteiger partial charge in [-0.15, -0.1) is 0 Å². The topological polar surface area (TPSA) is 89.3 Å². The molecule has 0 aromatic heterocycles. The summed E-state index contributed by atoms with van der Waals surface area (Å²) in [7, 11) is 0. The van der Waals surface area contributed by atoms with E-state index in [2.05, 4.69) is 5.32 Å². The number of nitrogens with one attached hydrogen (secondary N) is 1. The third-order valence-corrected chi connectivity index (χ3v) is 3.25. The Morgan fingerprint density at radius 3 is 2.17 bits per heavy atom. The summed E-state index contributed by atoms with van der Waals surface area (Å²) in [4.78, 5) is 35.2. The smallest absolute Gasteiger partial charge is 0.287 e. The van der Waals surface area contributed by atoms with Crippen LogP contribution in [0.5, 0.6) is 0 Å². The van der Waals surface area contributed by atoms with Crippen LogP contribution in [-0.2, 0) is 16.0 Å². The van der Waals surface area contributed by atoms with Gasteiger partial charge in [0.25, 0.3) is 11.8 Å². The van der Waals surface area contributed by atoms with Crippen molar-refractivity contribution >= 4 is 17.6 Å². The maximum atomic E-state index is 12.9. The molecule has 0 bridgehead atoms. The molecule has 2 amide bonds. The summed E-state index contributed by atoms with van der Waals surface area (Å²) in [6.07, 6.45) is 0.134. The highest BCUT2D eigenvalue weighted by Gasteiger charge is 2.25. The van der Waals surface area contributed by atoms with Crippen molar-refractivity contribution in [1.29, 1.82) is 0 Å². The van der Waals surface area contributed by atoms with Crippen molar-refractivity contribution in [2.45, 2.75) is 12.5 Å². The van der Waals surface area contributed by atoms with Gasteiger partial charge in [0, 0.05) is 12.0 Å². The van der Waals surface area contributed by atoms with E-state index in [1.165, 1.54) is 12.1 Å². The standard InChI is InChI=1S/C17H15FN2O3/c18-13-8-6-12(7-9-13)17(23)20-14(15(21)16(19)22)10-11-4-2-1-3-5-11/h1-9,14H,10H2,(H2,19,22)(H,20,23). The molecule has 0 heterocycles. The molecule has 0 spiro atoms. The Hall–Kier alpha value is -3.02. The van der Waals surface area contributed by atoms with E-state index < -0.39 is 29.5 Å². The number of benzene rings is 2. The molecule has 0 aliphatic carbocycles. The van der Waals surface area contributed by atoms with E-state index in [1.807, 2.05) is 6.07 Å². The molecule has 0 saturated heterocycles. The Morgan fingerprint density at radius 1 is 1.00 bits per heavy atom. The molecule has 2 aromatic rings. The molecule has 0 aliphatic heterocycles. The molecular formula is C17H15FN2O3. The molecule has 5 nitrogen and oxygen atoms in total. The molecule has 0 aliphatic rings. The third-order valence-electron chi connectivity index (χ3n) is 3.25. The summed E-state index contributed by atoms with van der Waals surface area (Å²) in [6, 6.07) is 12.7. The normalized spacial score (nSPS) is 11.5. The van der Waals surface area contributed by atoms with Crippen LogP contribution in [0.25, 0.3) is 0 Å². The van der Waals surface area contributed by atoms with E-state index in [4.69, 9.17) is 5.73 Å². The van der Waals surface area contributed by atoms with E-state index in [1.54, 1.807) is 24.3 Å². The predicted molar refractivity (Wildman–Crippen MR) is 82.0 cm³/mol. The fourth-order valence-corrected chi connectivity index (χ4v) is 2.07. The summed E-state index contributed by atoms with van der Waals surface area (Å²) >= 11 is 0. The van der Waals surface area contributed by atoms with Crippen molar-refractivity contribution in [2.75, 3.05) is 0 Å². The van der Waals surface area contributed by atoms with Gasteiger partial charge in [0.2, 0.25) is 5.78 Å². The lowest BCUT2D eigenvalue weighted by molar-refractivity contribution is -0.137. The maximum absolute atomic E-state index is 12.9. The molecule has 2 aromatic carbocycles. The summed E-state index contributed by atoms with van der Waals surface area (Å²) < 4.78 is 12.9. The molecule has 118 valence electrons. The minimum absolute atomic E-state index is 0.134. The molecular weight excluding hydrogens is 299 g/mol. The number of nitrogens with two attached hydrogens (primary N) is 1. The van der Waals surface area contributed by atoms with E-state index >= 15 is 0 Å². The number of carbonyl (C=O) groups excluding carboxylic acids is 3. The first-order valence-electron chi connectivity index (χ1n) is 6.91. The van der Waals surface area contributed by atoms with Gasteiger partial charge in [-0.25, -0.2) is 4.39 Å². The van der Waals surface area contributed by atoms with E-state index in [-0.39, 0.29) is 12.0 Å². The van der Waals surface area contributed by atoms with Gasteiger partial charge in [0.15, 0.2) is 0 Å². The maximum Gasteiger partial charge on any atom is 0.287 e. The fourth-order valence-electron chi connectivity index (χ4n) is 2.07. The lowest BCUT2D eigenvalue weighted by atomic mass is 10.0. The van der Waals surface area contributed by atoms with Crippen LogP contribution in [-0.4, -0.2) is 23.6 Å². The number of hydrogen-bond acceptors (Lipinski definition) is 3. The van der Waals surface area contributed by atoms with Crippen LogP contribution >= 0.6 is 0 Å². The van der Waals surface area contributed by atoms with Crippen molar-refractivity contribution in [1.82, 2.24) is 5.32 Å². The zero-order valence-electron chi connectivity index (χ0n) is 12.2. The lowest BCUT2D eigenvalue weighted by Gasteiger charge is -2.16. The Balaban J connectivity index is 2.17. The number of Topliss-reactive ketones (excluding diaryl/α,β-unsaturated/α-hetero) is 1. The highest BCUT2D eigenvalue weighted by molar-refractivity contribution is 6.38. The Kier molecular flexibility index (Phi) is 5.19. The lowest BCUT2D eigenvalue weighted by Crippen LogP contribution is -2.47. The van der Waals surface area contributed by atoms with Gasteiger partial charge in [-0.3, -0.25) is 14.4 Å². The van der Waals surface area contributed by atoms with Crippen LogP contribution in [0, 0.1) is 5.82 Å². The van der Waals surface area contributed by atoms with Gasteiger partial charge < -0.3 is 11.1 Å². The minimum Gasteiger partial charge on any atom is -0.363 e. The first-order valence-corrected chi connectivity index (χ1v) is 6.91. The van der Waals surface area contributed by atoms with Crippen molar-refractivity contribution in [3.05, 3.63) is 71.5 Å². The number of halogens is 1. The summed E-state index contributed by atoms with van der Waals surface area (Å²) in [5, 5.41) is 2.47. The van der Waals surface area contributed by atoms with Crippen LogP contribution < -0.4 is 11.1 Å². The Bertz CT molecular complexity index is 714. The largest absolute Gasteiger partial charge is 0.363 e. The van der Waals surface area contributed by atoms with Crippen molar-refractivity contribution < 1.29 is 18.8 Å². The highest BCUT2D eigenvalue weighted by atomic mass is 19.1. The monoisotopic (exact) mass is 314 g/mol. The number of amides is 2. The summed E-state index contributed by atoms with van der Waals surface area (Å²) in [5.74, 6) is -3.06. The summed E-state index contributed by atoms with van der Waals surface area (Å²) in [5.41, 5.74) is 5.99. The van der Waals surface area contributed by atoms with Gasteiger partial charge in [-0.2, -0.15) is 0 Å². The second kappa shape index (κ2) is 7.31. The molecule has 0 radical (unpaired) electrons. The number of primary amides is 1. The highest BCUT2D eigenvalue weighted by Crippen LogP contribution is 2.07. The molecule has 2 rings (SSSR count). The Labute approximate surface area is 132 Å². The fraction of sp³-hybridized carbons (Fsp3) is 0.118. The zero-order chi connectivity index (χ0) is 16.8. The second-order valence-electron chi connectivity index (χ2n) is 4.95. The number of ketones is 1. The van der Waals surface area contributed by atoms with Crippen molar-refractivity contribution in [2.24, 2.45) is 5.73 Å². The molecule has 1 atom stereocenters. The zero-order valence-corrected chi connectivity index (χ0v) is 12.2. The van der Waals surface area contributed by atoms with Gasteiger partial charge in [0.1, 0.15) is 11.9 Å². The number of hydrogen-bond donors (Lipinski definition) is 2. The predicted octanol–water partition coefficient (Wildman–Crippen LogP) is 1.22. The van der Waals surface area contributed by atoms with E-state index in [0.717, 1.165) is 17.7 Å². The van der Waals surface area contributed by atoms with E-state index in [9.17, 15) is 18.8 Å². The average molecular weight is 314 g/mol. The van der Waals surface area contributed by atoms with Crippen LogP contribution in [0.3, 0.4) is 0 Å². The van der Waals surface area contributed by atoms with Crippen LogP contribution in [0.4, 0.5) is 4.39 Å². The van der Waals surface area contributed by atoms with Crippen LogP contribution in [0.2, 0.25) is 0 Å². The quantitative estimate of drug-likeness (QED) is 0.786. The van der Waals surface area contributed by atoms with Gasteiger partial charge >= 0.3 is 0 Å². The van der Waals surface area contributed by atoms with Crippen molar-refractivity contribution in [3.8, 4) is 0 Å². The molecule has 0 fully saturated rings. The van der Waals surface area contributed by atoms with E-state index in [0.29, 0.717) is 0 Å². The molecule has 3 N–H and O–H groups in total. The summed E-state index contributed by atoms with van der Waals surface area (Å²) in [6.45, 7) is 0. The van der Waals surface area contributed by atoms with Gasteiger partial charge in [-0.05, 0) is 29.8 Å². The average Bonchev–Trinajstić information content (AvgIpc) is 2.55. The van der Waals surface area contributed by atoms with Crippen LogP contribution in [0.15, 0.2) is 54.6 Å². The Morgan fingerprint density at radius 2 is 1.61 bits per heavy atom.